The topological polar surface area (TPSA) is 125 Å². The molecule has 140 valence electrons. The second-order valence-corrected chi connectivity index (χ2v) is 5.33. The van der Waals surface area contributed by atoms with Crippen LogP contribution in [0, 0.1) is 0 Å². The van der Waals surface area contributed by atoms with Gasteiger partial charge in [0.25, 0.3) is 5.91 Å². The molecule has 0 aliphatic rings. The van der Waals surface area contributed by atoms with Gasteiger partial charge < -0.3 is 20.5 Å². The van der Waals surface area contributed by atoms with Crippen LogP contribution < -0.4 is 11.1 Å². The van der Waals surface area contributed by atoms with Gasteiger partial charge in [0.05, 0.1) is 23.4 Å². The van der Waals surface area contributed by atoms with Crippen molar-refractivity contribution >= 4 is 29.4 Å². The molecule has 2 aromatic rings. The van der Waals surface area contributed by atoms with Crippen LogP contribution >= 0.6 is 0 Å². The lowest BCUT2D eigenvalue weighted by Crippen LogP contribution is -2.22. The average molecular weight is 370 g/mol. The van der Waals surface area contributed by atoms with Crippen LogP contribution in [0.5, 0.6) is 0 Å². The normalized spacial score (nSPS) is 9.96. The van der Waals surface area contributed by atoms with E-state index in [1.54, 1.807) is 19.1 Å². The van der Waals surface area contributed by atoms with Gasteiger partial charge in [-0.25, -0.2) is 9.59 Å². The van der Waals surface area contributed by atoms with E-state index in [4.69, 9.17) is 15.2 Å². The monoisotopic (exact) mass is 370 g/mol. The fourth-order valence-electron chi connectivity index (χ4n) is 2.15. The predicted octanol–water partition coefficient (Wildman–Crippen LogP) is 1.76. The molecule has 0 aromatic heterocycles. The maximum absolute atomic E-state index is 12.0. The molecule has 3 N–H and O–H groups in total. The zero-order chi connectivity index (χ0) is 19.8. The number of ether oxygens (including phenoxy) is 2. The van der Waals surface area contributed by atoms with Crippen LogP contribution in [-0.2, 0) is 14.3 Å². The lowest BCUT2D eigenvalue weighted by atomic mass is 10.1. The first-order chi connectivity index (χ1) is 12.9. The number of para-hydroxylation sites is 1. The fraction of sp³-hybridized carbons (Fsp3) is 0.158. The van der Waals surface area contributed by atoms with Crippen LogP contribution in [-0.4, -0.2) is 37.0 Å². The molecule has 0 aliphatic carbocycles. The van der Waals surface area contributed by atoms with Gasteiger partial charge in [-0.15, -0.1) is 0 Å². The number of nitrogens with one attached hydrogen (secondary N) is 1. The van der Waals surface area contributed by atoms with E-state index >= 15 is 0 Å². The number of carbonyl (C=O) groups excluding carboxylic acids is 4. The van der Waals surface area contributed by atoms with E-state index in [1.165, 1.54) is 36.4 Å². The zero-order valence-corrected chi connectivity index (χ0v) is 14.6. The summed E-state index contributed by atoms with van der Waals surface area (Å²) in [7, 11) is 0. The van der Waals surface area contributed by atoms with E-state index in [9.17, 15) is 19.2 Å². The summed E-state index contributed by atoms with van der Waals surface area (Å²) < 4.78 is 9.85. The van der Waals surface area contributed by atoms with Gasteiger partial charge in [0, 0.05) is 5.56 Å². The first-order valence-electron chi connectivity index (χ1n) is 8.05. The Hall–Kier alpha value is -3.68. The van der Waals surface area contributed by atoms with Crippen molar-refractivity contribution in [1.82, 2.24) is 0 Å². The van der Waals surface area contributed by atoms with Crippen molar-refractivity contribution in [2.75, 3.05) is 18.5 Å². The number of carbonyl (C=O) groups is 4. The van der Waals surface area contributed by atoms with Crippen LogP contribution in [0.25, 0.3) is 0 Å². The van der Waals surface area contributed by atoms with Crippen LogP contribution in [0.3, 0.4) is 0 Å². The molecule has 0 fully saturated rings. The number of anilines is 1. The highest BCUT2D eigenvalue weighted by Crippen LogP contribution is 2.16. The molecule has 8 nitrogen and oxygen atoms in total. The summed E-state index contributed by atoms with van der Waals surface area (Å²) in [5.74, 6) is -2.54. The highest BCUT2D eigenvalue weighted by atomic mass is 16.5. The van der Waals surface area contributed by atoms with Gasteiger partial charge in [-0.2, -0.15) is 0 Å². The maximum Gasteiger partial charge on any atom is 0.340 e. The molecule has 0 saturated heterocycles. The number of hydrogen-bond acceptors (Lipinski definition) is 6. The molecule has 0 radical (unpaired) electrons. The van der Waals surface area contributed by atoms with E-state index < -0.39 is 30.4 Å². The standard InChI is InChI=1S/C19H18N2O6/c1-2-26-19(25)14-5-3-4-6-15(14)21-16(22)11-27-18(24)13-9-7-12(8-10-13)17(20)23/h3-10H,2,11H2,1H3,(H2,20,23)(H,21,22). The van der Waals surface area contributed by atoms with Crippen LogP contribution in [0.15, 0.2) is 48.5 Å². The molecule has 8 heteroatoms. The molecular formula is C19H18N2O6. The molecule has 0 aliphatic heterocycles. The largest absolute Gasteiger partial charge is 0.462 e. The van der Waals surface area contributed by atoms with Gasteiger partial charge in [0.1, 0.15) is 0 Å². The second-order valence-electron chi connectivity index (χ2n) is 5.33. The van der Waals surface area contributed by atoms with Crippen LogP contribution in [0.2, 0.25) is 0 Å². The SMILES string of the molecule is CCOC(=O)c1ccccc1NC(=O)COC(=O)c1ccc(C(N)=O)cc1. The van der Waals surface area contributed by atoms with Crippen molar-refractivity contribution in [1.29, 1.82) is 0 Å². The smallest absolute Gasteiger partial charge is 0.340 e. The molecule has 2 rings (SSSR count). The second kappa shape index (κ2) is 9.14. The lowest BCUT2D eigenvalue weighted by Gasteiger charge is -2.10. The predicted molar refractivity (Wildman–Crippen MR) is 96.3 cm³/mol. The third-order valence-corrected chi connectivity index (χ3v) is 3.44. The highest BCUT2D eigenvalue weighted by molar-refractivity contribution is 6.02. The summed E-state index contributed by atoms with van der Waals surface area (Å²) >= 11 is 0. The van der Waals surface area contributed by atoms with Crippen LogP contribution in [0.1, 0.15) is 38.0 Å². The molecule has 0 saturated carbocycles. The minimum absolute atomic E-state index is 0.166. The van der Waals surface area contributed by atoms with Crippen molar-refractivity contribution in [3.05, 3.63) is 65.2 Å². The number of rotatable bonds is 7. The minimum atomic E-state index is -0.736. The Morgan fingerprint density at radius 2 is 1.52 bits per heavy atom. The van der Waals surface area contributed by atoms with Gasteiger partial charge in [0.15, 0.2) is 6.61 Å². The quantitative estimate of drug-likeness (QED) is 0.716. The zero-order valence-electron chi connectivity index (χ0n) is 14.6. The Kier molecular flexibility index (Phi) is 6.65. The molecule has 0 atom stereocenters. The van der Waals surface area contributed by atoms with Gasteiger partial charge in [-0.05, 0) is 43.3 Å². The summed E-state index contributed by atoms with van der Waals surface area (Å²) in [5, 5.41) is 2.50. The molecule has 2 aromatic carbocycles. The van der Waals surface area contributed by atoms with Gasteiger partial charge in [0.2, 0.25) is 5.91 Å². The summed E-state index contributed by atoms with van der Waals surface area (Å²) in [6, 6.07) is 11.8. The molecule has 27 heavy (non-hydrogen) atoms. The van der Waals surface area contributed by atoms with Crippen molar-refractivity contribution in [2.24, 2.45) is 5.73 Å². The molecule has 2 amide bonds. The Bertz CT molecular complexity index is 861. The van der Waals surface area contributed by atoms with Crippen molar-refractivity contribution in [3.63, 3.8) is 0 Å². The van der Waals surface area contributed by atoms with Crippen molar-refractivity contribution < 1.29 is 28.7 Å². The van der Waals surface area contributed by atoms with E-state index in [0.717, 1.165) is 0 Å². The molecule has 0 unspecified atom stereocenters. The third kappa shape index (κ3) is 5.40. The third-order valence-electron chi connectivity index (χ3n) is 3.44. The van der Waals surface area contributed by atoms with E-state index in [2.05, 4.69) is 5.32 Å². The first kappa shape index (κ1) is 19.6. The van der Waals surface area contributed by atoms with E-state index in [1.807, 2.05) is 0 Å². The first-order valence-corrected chi connectivity index (χ1v) is 8.05. The van der Waals surface area contributed by atoms with Gasteiger partial charge in [-0.3, -0.25) is 9.59 Å². The Morgan fingerprint density at radius 3 is 2.15 bits per heavy atom. The summed E-state index contributed by atoms with van der Waals surface area (Å²) in [5.41, 5.74) is 5.99. The van der Waals surface area contributed by atoms with Crippen molar-refractivity contribution in [2.45, 2.75) is 6.92 Å². The Morgan fingerprint density at radius 1 is 0.889 bits per heavy atom. The Labute approximate surface area is 155 Å². The number of amides is 2. The molecule has 0 spiro atoms. The van der Waals surface area contributed by atoms with Crippen molar-refractivity contribution in [3.8, 4) is 0 Å². The highest BCUT2D eigenvalue weighted by Gasteiger charge is 2.15. The van der Waals surface area contributed by atoms with E-state index in [-0.39, 0.29) is 29.0 Å². The van der Waals surface area contributed by atoms with Crippen LogP contribution in [0.4, 0.5) is 5.69 Å². The number of hydrogen-bond donors (Lipinski definition) is 2. The Balaban J connectivity index is 1.95. The van der Waals surface area contributed by atoms with Gasteiger partial charge >= 0.3 is 11.9 Å². The number of esters is 2. The average Bonchev–Trinajstić information content (AvgIpc) is 2.66. The number of nitrogens with two attached hydrogens (primary N) is 1. The summed E-state index contributed by atoms with van der Waals surface area (Å²) in [4.78, 5) is 46.9. The van der Waals surface area contributed by atoms with Gasteiger partial charge in [-0.1, -0.05) is 12.1 Å². The van der Waals surface area contributed by atoms with E-state index in [0.29, 0.717) is 0 Å². The molecule has 0 bridgehead atoms. The molecular weight excluding hydrogens is 352 g/mol. The lowest BCUT2D eigenvalue weighted by molar-refractivity contribution is -0.119. The molecule has 0 heterocycles. The maximum atomic E-state index is 12.0. The fourth-order valence-corrected chi connectivity index (χ4v) is 2.15. The number of primary amides is 1. The number of benzene rings is 2. The summed E-state index contributed by atoms with van der Waals surface area (Å²) in [6.45, 7) is 1.33. The minimum Gasteiger partial charge on any atom is -0.462 e. The summed E-state index contributed by atoms with van der Waals surface area (Å²) in [6.07, 6.45) is 0.